The Morgan fingerprint density at radius 2 is 1.42 bits per heavy atom. The van der Waals surface area contributed by atoms with E-state index in [1.54, 1.807) is 71.0 Å². The lowest BCUT2D eigenvalue weighted by atomic mass is 9.81. The van der Waals surface area contributed by atoms with Crippen molar-refractivity contribution in [3.63, 3.8) is 0 Å². The lowest BCUT2D eigenvalue weighted by Crippen LogP contribution is -2.53. The van der Waals surface area contributed by atoms with Crippen LogP contribution in [0.15, 0.2) is 95.8 Å². The number of esters is 2. The number of cyclic esters (lactones) is 1. The van der Waals surface area contributed by atoms with Crippen molar-refractivity contribution in [3.8, 4) is 22.5 Å². The second kappa shape index (κ2) is 27.7. The van der Waals surface area contributed by atoms with Crippen LogP contribution in [0.4, 0.5) is 9.18 Å². The molecule has 7 amide bonds. The Kier molecular flexibility index (Phi) is 19.6. The first kappa shape index (κ1) is 65.1. The van der Waals surface area contributed by atoms with Gasteiger partial charge < -0.3 is 61.1 Å². The Labute approximate surface area is 529 Å². The molecule has 0 saturated carbocycles. The van der Waals surface area contributed by atoms with E-state index in [4.69, 9.17) is 19.2 Å². The molecule has 4 aliphatic rings. The number of nitrogens with zero attached hydrogens (tertiary/aromatic N) is 2. The summed E-state index contributed by atoms with van der Waals surface area (Å²) in [7, 11) is 0. The Morgan fingerprint density at radius 3 is 2.11 bits per heavy atom. The highest BCUT2D eigenvalue weighted by Gasteiger charge is 2.46. The fourth-order valence-corrected chi connectivity index (χ4v) is 12.5. The molecule has 6 aromatic rings. The van der Waals surface area contributed by atoms with Crippen LogP contribution in [0.1, 0.15) is 135 Å². The monoisotopic (exact) mass is 1260 g/mol. The normalized spacial score (nSPS) is 16.4. The first-order valence-corrected chi connectivity index (χ1v) is 30.9. The van der Waals surface area contributed by atoms with E-state index in [2.05, 4.69) is 37.2 Å². The van der Waals surface area contributed by atoms with Crippen LogP contribution in [0, 0.1) is 12.7 Å². The quantitative estimate of drug-likeness (QED) is 0.0224. The van der Waals surface area contributed by atoms with Crippen LogP contribution in [0.5, 0.6) is 0 Å². The number of pyridine rings is 2. The molecule has 0 radical (unpaired) electrons. The van der Waals surface area contributed by atoms with E-state index in [0.717, 1.165) is 33.4 Å². The summed E-state index contributed by atoms with van der Waals surface area (Å²) < 4.78 is 33.3. The third-order valence-electron chi connectivity index (χ3n) is 17.1. The van der Waals surface area contributed by atoms with Gasteiger partial charge in [-0.3, -0.25) is 38.4 Å². The minimum atomic E-state index is -2.04. The third kappa shape index (κ3) is 14.3. The minimum absolute atomic E-state index is 0.0200. The van der Waals surface area contributed by atoms with Gasteiger partial charge >= 0.3 is 18.0 Å². The zero-order valence-corrected chi connectivity index (χ0v) is 51.8. The number of aryl methyl sites for hydroxylation is 1. The summed E-state index contributed by atoms with van der Waals surface area (Å²) in [6, 6.07) is 24.2. The molecule has 0 bridgehead atoms. The van der Waals surface area contributed by atoms with Crippen LogP contribution in [-0.4, -0.2) is 119 Å². The van der Waals surface area contributed by atoms with E-state index in [1.165, 1.54) is 10.6 Å². The fourth-order valence-electron chi connectivity index (χ4n) is 12.5. The second-order valence-electron chi connectivity index (χ2n) is 24.4. The van der Waals surface area contributed by atoms with Crippen molar-refractivity contribution in [1.29, 1.82) is 0 Å². The maximum Gasteiger partial charge on any atom is 0.407 e. The molecule has 2 aromatic heterocycles. The van der Waals surface area contributed by atoms with Crippen molar-refractivity contribution >= 4 is 64.4 Å². The topological polar surface area (TPSA) is 321 Å². The largest absolute Gasteiger partial charge is 0.460 e. The molecule has 482 valence electrons. The number of halogens is 1. The van der Waals surface area contributed by atoms with Gasteiger partial charge in [-0.15, -0.1) is 0 Å². The molecule has 2 aliphatic heterocycles. The van der Waals surface area contributed by atoms with E-state index < -0.39 is 108 Å². The zero-order chi connectivity index (χ0) is 65.6. The summed E-state index contributed by atoms with van der Waals surface area (Å²) in [5.74, 6) is -6.06. The molecular formula is C68H74FN9O14. The first-order valence-electron chi connectivity index (χ1n) is 30.9. The predicted octanol–water partition coefficient (Wildman–Crippen LogP) is 5.02. The maximum atomic E-state index is 15.5. The summed E-state index contributed by atoms with van der Waals surface area (Å²) in [6.07, 6.45) is 0.323. The highest BCUT2D eigenvalue weighted by Crippen LogP contribution is 2.47. The Bertz CT molecular complexity index is 3950. The molecule has 4 aromatic carbocycles. The number of hydrogen-bond donors (Lipinski definition) is 8. The molecule has 10 rings (SSSR count). The third-order valence-corrected chi connectivity index (χ3v) is 17.1. The average Bonchev–Trinajstić information content (AvgIpc) is 1.47. The molecule has 24 heteroatoms. The molecule has 0 saturated heterocycles. The summed E-state index contributed by atoms with van der Waals surface area (Å²) >= 11 is 0. The number of hydrogen-bond acceptors (Lipinski definition) is 15. The zero-order valence-electron chi connectivity index (χ0n) is 51.8. The minimum Gasteiger partial charge on any atom is -0.460 e. The van der Waals surface area contributed by atoms with Gasteiger partial charge in [0.25, 0.3) is 5.56 Å². The van der Waals surface area contributed by atoms with Crippen LogP contribution in [0.2, 0.25) is 0 Å². The van der Waals surface area contributed by atoms with Crippen LogP contribution in [-0.2, 0) is 84.2 Å². The highest BCUT2D eigenvalue weighted by atomic mass is 19.1. The van der Waals surface area contributed by atoms with Crippen LogP contribution >= 0.6 is 0 Å². The van der Waals surface area contributed by atoms with Crippen LogP contribution < -0.4 is 42.8 Å². The van der Waals surface area contributed by atoms with Crippen molar-refractivity contribution in [1.82, 2.24) is 46.8 Å². The predicted molar refractivity (Wildman–Crippen MR) is 333 cm³/mol. The molecule has 4 atom stereocenters. The van der Waals surface area contributed by atoms with Gasteiger partial charge in [0.1, 0.15) is 36.7 Å². The lowest BCUT2D eigenvalue weighted by Gasteiger charge is -2.31. The smallest absolute Gasteiger partial charge is 0.407 e. The van der Waals surface area contributed by atoms with Gasteiger partial charge in [0.15, 0.2) is 5.60 Å². The van der Waals surface area contributed by atoms with E-state index in [0.29, 0.717) is 64.7 Å². The van der Waals surface area contributed by atoms with Crippen molar-refractivity contribution in [2.24, 2.45) is 0 Å². The summed E-state index contributed by atoms with van der Waals surface area (Å²) in [5, 5.41) is 30.5. The number of fused-ring (bicyclic) bond motifs is 8. The molecule has 0 spiro atoms. The van der Waals surface area contributed by atoms with Gasteiger partial charge in [0, 0.05) is 54.3 Å². The summed E-state index contributed by atoms with van der Waals surface area (Å²) in [6.45, 7) is 6.58. The molecule has 23 nitrogen and oxygen atoms in total. The number of rotatable bonds is 24. The Balaban J connectivity index is 0.685. The number of nitrogens with one attached hydrogen (secondary N) is 7. The number of aromatic nitrogens is 2. The SMILES string of the molecule is CC[C@@]1(O)C(=O)OCc2c1cc1n(c2=O)Cc2c-1nc1cc(F)c(C)c3c1c2[C@@H](NC(=O)CCCCNC(=O)CNC(=O)[C@H](Cc1ccccc1)NC(=O)CNC(=O)CNC(=O)[C@H](CCC(=O)OC(C)(C)C)NC(=O)OCC1c2ccccc2-c2ccccc21)CC3. The number of benzene rings is 4. The van der Waals surface area contributed by atoms with Gasteiger partial charge in [0.05, 0.1) is 54.7 Å². The van der Waals surface area contributed by atoms with Crippen molar-refractivity contribution < 1.29 is 66.9 Å². The number of alkyl carbamates (subject to hydrolysis) is 1. The molecule has 4 heterocycles. The van der Waals surface area contributed by atoms with Crippen LogP contribution in [0.25, 0.3) is 33.4 Å². The highest BCUT2D eigenvalue weighted by molar-refractivity contribution is 5.96. The number of aliphatic hydroxyl groups is 1. The second-order valence-corrected chi connectivity index (χ2v) is 24.4. The standard InChI is InChI=1S/C68H74FN9O14/c1-6-68(89)47-29-53-61-44(34-78(53)64(86)46(47)36-90-65(68)87)60-49(24-23-39-37(2)48(69)30-51(76-61)59(39)60)74-54(79)22-14-15-27-70-55(80)31-73-63(85)52(28-38-16-8-7-9-17-38)75-57(82)33-71-56(81)32-72-62(84)50(25-26-58(83)92-67(3,4)5)77-66(88)91-35-45-42-20-12-10-18-40(42)41-19-11-13-21-43(41)45/h7-13,16-21,29-30,45,49-50,52,89H,6,14-15,22-28,31-36H2,1-5H3,(H,70,80)(H,71,81)(H,72,84)(H,73,85)(H,74,79)(H,75,82)(H,77,88)/t49-,50-,52-,68-/m0/s1. The Hall–Kier alpha value is -9.84. The summed E-state index contributed by atoms with van der Waals surface area (Å²) in [4.78, 5) is 138. The number of ether oxygens (including phenoxy) is 3. The van der Waals surface area contributed by atoms with Gasteiger partial charge in [-0.2, -0.15) is 0 Å². The number of carbonyl (C=O) groups is 9. The molecule has 0 unspecified atom stereocenters. The van der Waals surface area contributed by atoms with Crippen molar-refractivity contribution in [2.45, 2.75) is 141 Å². The van der Waals surface area contributed by atoms with Crippen molar-refractivity contribution in [3.05, 3.63) is 157 Å². The van der Waals surface area contributed by atoms with Crippen LogP contribution in [0.3, 0.4) is 0 Å². The molecule has 2 aliphatic carbocycles. The number of unbranched alkanes of at least 4 members (excludes halogenated alkanes) is 1. The maximum absolute atomic E-state index is 15.5. The van der Waals surface area contributed by atoms with Gasteiger partial charge in [-0.25, -0.2) is 19.0 Å². The van der Waals surface area contributed by atoms with Crippen molar-refractivity contribution in [2.75, 3.05) is 32.8 Å². The number of amides is 7. The van der Waals surface area contributed by atoms with Gasteiger partial charge in [0.2, 0.25) is 35.4 Å². The fraction of sp³-hybridized carbons (Fsp3) is 0.397. The average molecular weight is 1260 g/mol. The Morgan fingerprint density at radius 1 is 0.772 bits per heavy atom. The van der Waals surface area contributed by atoms with E-state index in [1.807, 2.05) is 48.5 Å². The first-order chi connectivity index (χ1) is 44.0. The van der Waals surface area contributed by atoms with Gasteiger partial charge in [-0.05, 0) is 117 Å². The lowest BCUT2D eigenvalue weighted by molar-refractivity contribution is -0.172. The molecular weight excluding hydrogens is 1190 g/mol. The van der Waals surface area contributed by atoms with Gasteiger partial charge in [-0.1, -0.05) is 85.8 Å². The van der Waals surface area contributed by atoms with E-state index in [-0.39, 0.29) is 81.4 Å². The molecule has 0 fully saturated rings. The molecule has 8 N–H and O–H groups in total. The number of carbonyl (C=O) groups excluding carboxylic acids is 9. The molecule has 92 heavy (non-hydrogen) atoms. The van der Waals surface area contributed by atoms with E-state index >= 15 is 4.39 Å². The summed E-state index contributed by atoms with van der Waals surface area (Å²) in [5.41, 5.74) is 5.39. The van der Waals surface area contributed by atoms with E-state index in [9.17, 15) is 53.1 Å².